The molecule has 0 N–H and O–H groups in total. The Labute approximate surface area is 197 Å². The summed E-state index contributed by atoms with van der Waals surface area (Å²) in [5.41, 5.74) is 1.05. The Kier molecular flexibility index (Phi) is 6.71. The molecule has 182 valence electrons. The Balaban J connectivity index is 1.60. The molecule has 4 rings (SSSR count). The molecule has 0 aromatic heterocycles. The van der Waals surface area contributed by atoms with Crippen LogP contribution in [0.2, 0.25) is 0 Å². The summed E-state index contributed by atoms with van der Waals surface area (Å²) >= 11 is 0. The van der Waals surface area contributed by atoms with Crippen LogP contribution in [0.3, 0.4) is 0 Å². The van der Waals surface area contributed by atoms with E-state index in [-0.39, 0.29) is 47.4 Å². The number of hydrogen-bond acceptors (Lipinski definition) is 6. The summed E-state index contributed by atoms with van der Waals surface area (Å²) in [5.74, 6) is 0.922. The van der Waals surface area contributed by atoms with Crippen molar-refractivity contribution in [1.82, 2.24) is 0 Å². The van der Waals surface area contributed by atoms with Gasteiger partial charge in [-0.15, -0.1) is 0 Å². The number of rotatable bonds is 7. The molecule has 3 saturated carbocycles. The van der Waals surface area contributed by atoms with Crippen molar-refractivity contribution >= 4 is 17.5 Å². The fourth-order valence-corrected chi connectivity index (χ4v) is 7.82. The van der Waals surface area contributed by atoms with E-state index >= 15 is 0 Å². The van der Waals surface area contributed by atoms with Crippen LogP contribution in [-0.2, 0) is 28.6 Å². The average molecular weight is 459 g/mol. The van der Waals surface area contributed by atoms with E-state index in [2.05, 4.69) is 26.8 Å². The maximum atomic E-state index is 13.7. The lowest BCUT2D eigenvalue weighted by atomic mass is 9.47. The Morgan fingerprint density at radius 1 is 1.21 bits per heavy atom. The summed E-state index contributed by atoms with van der Waals surface area (Å²) in [6.45, 7) is 8.32. The quantitative estimate of drug-likeness (QED) is 0.409. The first-order chi connectivity index (χ1) is 15.7. The Morgan fingerprint density at radius 2 is 1.97 bits per heavy atom. The first-order valence-corrected chi connectivity index (χ1v) is 12.4. The third-order valence-corrected chi connectivity index (χ3v) is 9.30. The van der Waals surface area contributed by atoms with Gasteiger partial charge >= 0.3 is 5.97 Å². The molecule has 0 bridgehead atoms. The minimum absolute atomic E-state index is 0.0652. The van der Waals surface area contributed by atoms with Gasteiger partial charge in [-0.3, -0.25) is 14.4 Å². The van der Waals surface area contributed by atoms with Crippen molar-refractivity contribution in [2.45, 2.75) is 72.5 Å². The van der Waals surface area contributed by atoms with Crippen LogP contribution in [0.5, 0.6) is 0 Å². The second kappa shape index (κ2) is 9.10. The van der Waals surface area contributed by atoms with E-state index in [0.29, 0.717) is 17.8 Å². The number of carbonyl (C=O) groups excluding carboxylic acids is 3. The number of methoxy groups -OCH3 is 1. The number of allylic oxidation sites excluding steroid dienone is 4. The highest BCUT2D eigenvalue weighted by Gasteiger charge is 2.62. The molecule has 4 aliphatic rings. The average Bonchev–Trinajstić information content (AvgIpc) is 3.06. The predicted octanol–water partition coefficient (Wildman–Crippen LogP) is 4.63. The monoisotopic (exact) mass is 458 g/mol. The number of hydrogen-bond donors (Lipinski definition) is 0. The molecule has 0 amide bonds. The van der Waals surface area contributed by atoms with Crippen LogP contribution in [0, 0.1) is 40.4 Å². The lowest BCUT2D eigenvalue weighted by Gasteiger charge is -2.57. The highest BCUT2D eigenvalue weighted by molar-refractivity contribution is 6.01. The van der Waals surface area contributed by atoms with Crippen molar-refractivity contribution in [2.75, 3.05) is 13.9 Å². The van der Waals surface area contributed by atoms with Gasteiger partial charge in [0.05, 0.1) is 0 Å². The molecule has 3 fully saturated rings. The smallest absolute Gasteiger partial charge is 0.308 e. The lowest BCUT2D eigenvalue weighted by Crippen LogP contribution is -2.51. The molecular weight excluding hydrogens is 420 g/mol. The summed E-state index contributed by atoms with van der Waals surface area (Å²) in [4.78, 5) is 37.7. The number of ketones is 2. The number of fused-ring (bicyclic) bond motifs is 5. The molecule has 6 heteroatoms. The van der Waals surface area contributed by atoms with E-state index in [1.54, 1.807) is 13.0 Å². The van der Waals surface area contributed by atoms with Crippen LogP contribution in [-0.4, -0.2) is 37.7 Å². The van der Waals surface area contributed by atoms with Gasteiger partial charge in [-0.1, -0.05) is 39.3 Å². The molecule has 1 unspecified atom stereocenters. The molecule has 0 aromatic rings. The molecule has 4 aliphatic carbocycles. The fourth-order valence-electron chi connectivity index (χ4n) is 7.82. The van der Waals surface area contributed by atoms with Crippen LogP contribution in [0.25, 0.3) is 0 Å². The highest BCUT2D eigenvalue weighted by atomic mass is 16.8. The molecule has 33 heavy (non-hydrogen) atoms. The van der Waals surface area contributed by atoms with Crippen LogP contribution in [0.4, 0.5) is 0 Å². The van der Waals surface area contributed by atoms with Gasteiger partial charge in [-0.2, -0.15) is 0 Å². The van der Waals surface area contributed by atoms with Crippen LogP contribution >= 0.6 is 0 Å². The van der Waals surface area contributed by atoms with E-state index in [1.807, 2.05) is 6.08 Å². The number of ether oxygens (including phenoxy) is 3. The minimum Gasteiger partial charge on any atom is -0.428 e. The van der Waals surface area contributed by atoms with Crippen molar-refractivity contribution in [3.05, 3.63) is 23.8 Å². The number of carbonyl (C=O) groups is 3. The molecule has 0 aromatic carbocycles. The molecule has 0 spiro atoms. The van der Waals surface area contributed by atoms with E-state index in [4.69, 9.17) is 14.2 Å². The molecule has 0 aliphatic heterocycles. The zero-order valence-electron chi connectivity index (χ0n) is 20.6. The van der Waals surface area contributed by atoms with Crippen molar-refractivity contribution < 1.29 is 28.6 Å². The van der Waals surface area contributed by atoms with Crippen molar-refractivity contribution in [3.8, 4) is 0 Å². The van der Waals surface area contributed by atoms with Crippen molar-refractivity contribution in [1.29, 1.82) is 0 Å². The Morgan fingerprint density at radius 3 is 2.67 bits per heavy atom. The zero-order valence-corrected chi connectivity index (χ0v) is 20.6. The van der Waals surface area contributed by atoms with E-state index in [0.717, 1.165) is 32.1 Å². The van der Waals surface area contributed by atoms with Gasteiger partial charge < -0.3 is 14.2 Å². The normalized spacial score (nSPS) is 40.3. The second-order valence-electron chi connectivity index (χ2n) is 11.0. The van der Waals surface area contributed by atoms with Gasteiger partial charge in [-0.25, -0.2) is 0 Å². The summed E-state index contributed by atoms with van der Waals surface area (Å²) < 4.78 is 16.0. The molecule has 8 atom stereocenters. The minimum atomic E-state index is -1.22. The van der Waals surface area contributed by atoms with Gasteiger partial charge in [0, 0.05) is 24.9 Å². The van der Waals surface area contributed by atoms with Gasteiger partial charge in [0.25, 0.3) is 6.29 Å². The van der Waals surface area contributed by atoms with Gasteiger partial charge in [0.15, 0.2) is 12.6 Å². The van der Waals surface area contributed by atoms with Gasteiger partial charge in [-0.05, 0) is 73.3 Å². The number of Topliss-reactive ketones (excluding diaryl/α,β-unsaturated/α-hetero) is 1. The van der Waals surface area contributed by atoms with Crippen LogP contribution in [0.1, 0.15) is 66.2 Å². The standard InChI is InChI=1S/C27H38O6/c1-6-22(29)33-25(32-15-31-5)24(30)23-16(2)13-21-19-8-7-17-14-18(28)9-11-26(17,3)20(19)10-12-27(21,23)4/h9,11,14,16,19-21,23,25H,6-8,10,12-13,15H2,1-5H3/t16-,19+,20-,21-,23+,25?,26-,27-/m0/s1. The topological polar surface area (TPSA) is 78.9 Å². The predicted molar refractivity (Wildman–Crippen MR) is 123 cm³/mol. The lowest BCUT2D eigenvalue weighted by molar-refractivity contribution is -0.206. The molecule has 6 nitrogen and oxygen atoms in total. The summed E-state index contributed by atoms with van der Waals surface area (Å²) in [6, 6.07) is 0. The molecule has 0 heterocycles. The first kappa shape index (κ1) is 24.3. The zero-order chi connectivity index (χ0) is 24.0. The third-order valence-electron chi connectivity index (χ3n) is 9.30. The Hall–Kier alpha value is -1.79. The van der Waals surface area contributed by atoms with E-state index in [1.165, 1.54) is 12.7 Å². The van der Waals surface area contributed by atoms with Crippen molar-refractivity contribution in [3.63, 3.8) is 0 Å². The summed E-state index contributed by atoms with van der Waals surface area (Å²) in [5, 5.41) is 0. The molecule has 0 radical (unpaired) electrons. The SMILES string of the molecule is CCC(=O)OC(OCOC)C(=O)[C@H]1[C@@H](C)C[C@H]2[C@@H]3CCC4=CC(=O)C=C[C@]4(C)[C@H]3CC[C@@]21C. The van der Waals surface area contributed by atoms with Gasteiger partial charge in [0.2, 0.25) is 5.78 Å². The van der Waals surface area contributed by atoms with Crippen LogP contribution < -0.4 is 0 Å². The molecular formula is C27H38O6. The summed E-state index contributed by atoms with van der Waals surface area (Å²) in [6.07, 6.45) is 9.68. The third kappa shape index (κ3) is 4.03. The highest BCUT2D eigenvalue weighted by Crippen LogP contribution is 2.67. The van der Waals surface area contributed by atoms with Crippen LogP contribution in [0.15, 0.2) is 23.8 Å². The first-order valence-electron chi connectivity index (χ1n) is 12.4. The van der Waals surface area contributed by atoms with Gasteiger partial charge in [0.1, 0.15) is 0 Å². The second-order valence-corrected chi connectivity index (χ2v) is 11.0. The fraction of sp³-hybridized carbons (Fsp3) is 0.741. The maximum absolute atomic E-state index is 13.7. The van der Waals surface area contributed by atoms with E-state index in [9.17, 15) is 14.4 Å². The Bertz CT molecular complexity index is 874. The molecule has 0 saturated heterocycles. The largest absolute Gasteiger partial charge is 0.428 e. The summed E-state index contributed by atoms with van der Waals surface area (Å²) in [7, 11) is 1.49. The maximum Gasteiger partial charge on any atom is 0.308 e. The van der Waals surface area contributed by atoms with E-state index < -0.39 is 12.3 Å². The number of esters is 1. The van der Waals surface area contributed by atoms with Crippen molar-refractivity contribution in [2.24, 2.45) is 40.4 Å².